The molecule has 52 heavy (non-hydrogen) atoms. The highest BCUT2D eigenvalue weighted by molar-refractivity contribution is 5.71. The first kappa shape index (κ1) is 50.3. The molecule has 0 amide bonds. The number of carboxylic acid groups (broad SMARTS) is 1. The van der Waals surface area contributed by atoms with E-state index in [1.165, 1.54) is 128 Å². The first-order chi connectivity index (χ1) is 25.4. The summed E-state index contributed by atoms with van der Waals surface area (Å²) in [5.74, 6) is -1.73. The van der Waals surface area contributed by atoms with Crippen molar-refractivity contribution in [3.8, 4) is 0 Å². The van der Waals surface area contributed by atoms with Gasteiger partial charge in [-0.3, -0.25) is 9.59 Å². The van der Waals surface area contributed by atoms with E-state index in [1.807, 2.05) is 0 Å². The highest BCUT2D eigenvalue weighted by Crippen LogP contribution is 2.15. The summed E-state index contributed by atoms with van der Waals surface area (Å²) in [6.45, 7) is 5.58. The highest BCUT2D eigenvalue weighted by Gasteiger charge is 2.18. The predicted molar refractivity (Wildman–Crippen MR) is 212 cm³/mol. The van der Waals surface area contributed by atoms with Crippen LogP contribution >= 0.6 is 0 Å². The summed E-state index contributed by atoms with van der Waals surface area (Å²) in [7, 11) is 0. The number of hydrogen-bond donors (Lipinski definition) is 2. The number of unbranched alkanes of at least 4 members (excludes halogenated alkanes) is 25. The molecular weight excluding hydrogens is 656 g/mol. The van der Waals surface area contributed by atoms with Gasteiger partial charge in [-0.1, -0.05) is 174 Å². The molecule has 0 aromatic carbocycles. The molecule has 2 atom stereocenters. The Morgan fingerprint density at radius 2 is 0.981 bits per heavy atom. The Bertz CT molecular complexity index is 797. The molecule has 0 aliphatic carbocycles. The standard InChI is InChI=1S/C43H84N2O7/c1-3-5-7-9-11-13-15-17-19-21-23-25-27-32-41(46)51-38-39(37-50-36-35-45-40(43(48)49)31-29-30-34-44)52-42(47)33-28-26-24-22-20-18-16-14-12-10-8-6-4-2/h39-40,45H,3-38,44H2,1-2H3,(H,48,49)/p-1. The molecule has 0 saturated heterocycles. The van der Waals surface area contributed by atoms with Crippen LogP contribution in [0.2, 0.25) is 0 Å². The van der Waals surface area contributed by atoms with Crippen LogP contribution in [-0.2, 0) is 28.6 Å². The van der Waals surface area contributed by atoms with E-state index in [-0.39, 0.29) is 31.8 Å². The second-order valence-corrected chi connectivity index (χ2v) is 15.0. The molecular formula is C43H83N2O7-. The van der Waals surface area contributed by atoms with Crippen molar-refractivity contribution < 1.29 is 33.7 Å². The number of carboxylic acids is 1. The van der Waals surface area contributed by atoms with Gasteiger partial charge in [-0.05, 0) is 32.2 Å². The maximum absolute atomic E-state index is 12.7. The van der Waals surface area contributed by atoms with Crippen LogP contribution < -0.4 is 16.2 Å². The van der Waals surface area contributed by atoms with E-state index in [0.717, 1.165) is 44.9 Å². The third-order valence-corrected chi connectivity index (χ3v) is 9.87. The van der Waals surface area contributed by atoms with Gasteiger partial charge in [0.1, 0.15) is 6.61 Å². The van der Waals surface area contributed by atoms with Crippen LogP contribution in [-0.4, -0.2) is 63.0 Å². The summed E-state index contributed by atoms with van der Waals surface area (Å²) in [6, 6.07) is -0.768. The maximum atomic E-state index is 12.7. The fourth-order valence-corrected chi connectivity index (χ4v) is 6.51. The predicted octanol–water partition coefficient (Wildman–Crippen LogP) is 9.26. The zero-order valence-corrected chi connectivity index (χ0v) is 34.0. The van der Waals surface area contributed by atoms with E-state index in [9.17, 15) is 19.5 Å². The Balaban J connectivity index is 4.35. The lowest BCUT2D eigenvalue weighted by Crippen LogP contribution is -2.46. The molecule has 0 bridgehead atoms. The Labute approximate surface area is 320 Å². The number of hydrogen-bond acceptors (Lipinski definition) is 9. The summed E-state index contributed by atoms with van der Waals surface area (Å²) >= 11 is 0. The lowest BCUT2D eigenvalue weighted by molar-refractivity contribution is -0.308. The molecule has 0 radical (unpaired) electrons. The average Bonchev–Trinajstić information content (AvgIpc) is 3.13. The second-order valence-electron chi connectivity index (χ2n) is 15.0. The van der Waals surface area contributed by atoms with Gasteiger partial charge in [0, 0.05) is 25.4 Å². The first-order valence-corrected chi connectivity index (χ1v) is 22.0. The summed E-state index contributed by atoms with van der Waals surface area (Å²) in [6.07, 6.45) is 34.2. The number of ether oxygens (including phenoxy) is 3. The number of carbonyl (C=O) groups is 3. The molecule has 2 unspecified atom stereocenters. The smallest absolute Gasteiger partial charge is 0.306 e. The van der Waals surface area contributed by atoms with E-state index in [4.69, 9.17) is 19.9 Å². The minimum Gasteiger partial charge on any atom is -0.548 e. The van der Waals surface area contributed by atoms with Gasteiger partial charge in [0.25, 0.3) is 0 Å². The SMILES string of the molecule is CCCCCCCCCCCCCCCC(=O)OCC(COCCNC(CCCCN)C(=O)[O-])OC(=O)CCCCCCCCCCCCCCC. The van der Waals surface area contributed by atoms with Crippen molar-refractivity contribution in [3.63, 3.8) is 0 Å². The Morgan fingerprint density at radius 1 is 0.558 bits per heavy atom. The summed E-state index contributed by atoms with van der Waals surface area (Å²) in [5, 5.41) is 14.4. The Hall–Kier alpha value is -1.71. The molecule has 308 valence electrons. The Kier molecular flexibility index (Phi) is 39.1. The molecule has 9 nitrogen and oxygen atoms in total. The first-order valence-electron chi connectivity index (χ1n) is 22.0. The van der Waals surface area contributed by atoms with Crippen molar-refractivity contribution >= 4 is 17.9 Å². The van der Waals surface area contributed by atoms with Crippen molar-refractivity contribution in [1.82, 2.24) is 5.32 Å². The zero-order chi connectivity index (χ0) is 38.2. The number of rotatable bonds is 42. The van der Waals surface area contributed by atoms with E-state index in [1.54, 1.807) is 0 Å². The van der Waals surface area contributed by atoms with Crippen LogP contribution in [0.15, 0.2) is 0 Å². The largest absolute Gasteiger partial charge is 0.548 e. The van der Waals surface area contributed by atoms with Crippen molar-refractivity contribution in [2.45, 2.75) is 225 Å². The van der Waals surface area contributed by atoms with Crippen LogP contribution in [0.5, 0.6) is 0 Å². The van der Waals surface area contributed by atoms with Gasteiger partial charge in [0.2, 0.25) is 0 Å². The zero-order valence-electron chi connectivity index (χ0n) is 34.0. The quantitative estimate of drug-likeness (QED) is 0.0463. The number of carbonyl (C=O) groups excluding carboxylic acids is 3. The molecule has 0 aromatic rings. The number of nitrogens with two attached hydrogens (primary N) is 1. The molecule has 3 N–H and O–H groups in total. The van der Waals surface area contributed by atoms with E-state index < -0.39 is 18.1 Å². The molecule has 9 heteroatoms. The maximum Gasteiger partial charge on any atom is 0.306 e. The Morgan fingerprint density at radius 3 is 1.40 bits per heavy atom. The van der Waals surface area contributed by atoms with Crippen LogP contribution in [0.4, 0.5) is 0 Å². The lowest BCUT2D eigenvalue weighted by Gasteiger charge is -2.21. The monoisotopic (exact) mass is 740 g/mol. The lowest BCUT2D eigenvalue weighted by atomic mass is 10.0. The van der Waals surface area contributed by atoms with E-state index >= 15 is 0 Å². The van der Waals surface area contributed by atoms with Crippen molar-refractivity contribution in [3.05, 3.63) is 0 Å². The second kappa shape index (κ2) is 40.5. The molecule has 0 heterocycles. The van der Waals surface area contributed by atoms with E-state index in [2.05, 4.69) is 19.2 Å². The van der Waals surface area contributed by atoms with Gasteiger partial charge in [-0.2, -0.15) is 0 Å². The number of aliphatic carboxylic acids is 1. The summed E-state index contributed by atoms with van der Waals surface area (Å²) < 4.78 is 16.9. The summed E-state index contributed by atoms with van der Waals surface area (Å²) in [4.78, 5) is 36.6. The van der Waals surface area contributed by atoms with Crippen LogP contribution in [0.3, 0.4) is 0 Å². The van der Waals surface area contributed by atoms with Gasteiger partial charge < -0.3 is 35.2 Å². The molecule has 0 rings (SSSR count). The molecule has 0 spiro atoms. The van der Waals surface area contributed by atoms with Crippen molar-refractivity contribution in [2.24, 2.45) is 5.73 Å². The van der Waals surface area contributed by atoms with Gasteiger partial charge >= 0.3 is 11.9 Å². The van der Waals surface area contributed by atoms with Gasteiger partial charge in [0.15, 0.2) is 6.10 Å². The van der Waals surface area contributed by atoms with Crippen LogP contribution in [0, 0.1) is 0 Å². The van der Waals surface area contributed by atoms with Gasteiger partial charge in [-0.15, -0.1) is 0 Å². The molecule has 0 fully saturated rings. The molecule has 0 aromatic heterocycles. The third-order valence-electron chi connectivity index (χ3n) is 9.87. The molecule has 0 saturated carbocycles. The summed E-state index contributed by atoms with van der Waals surface area (Å²) in [5.41, 5.74) is 5.51. The van der Waals surface area contributed by atoms with E-state index in [0.29, 0.717) is 38.8 Å². The topological polar surface area (TPSA) is 140 Å². The highest BCUT2D eigenvalue weighted by atomic mass is 16.6. The minimum atomic E-state index is -1.15. The number of esters is 2. The van der Waals surface area contributed by atoms with Crippen molar-refractivity contribution in [1.29, 1.82) is 0 Å². The third kappa shape index (κ3) is 36.6. The molecule has 0 aliphatic heterocycles. The van der Waals surface area contributed by atoms with Crippen LogP contribution in [0.25, 0.3) is 0 Å². The van der Waals surface area contributed by atoms with Gasteiger partial charge in [-0.25, -0.2) is 0 Å². The average molecular weight is 740 g/mol. The number of nitrogens with one attached hydrogen (secondary N) is 1. The van der Waals surface area contributed by atoms with Crippen molar-refractivity contribution in [2.75, 3.05) is 32.9 Å². The fourth-order valence-electron chi connectivity index (χ4n) is 6.51. The van der Waals surface area contributed by atoms with Gasteiger partial charge in [0.05, 0.1) is 19.2 Å². The minimum absolute atomic E-state index is 0.0458. The fraction of sp³-hybridized carbons (Fsp3) is 0.930. The molecule has 0 aliphatic rings. The normalized spacial score (nSPS) is 12.5. The van der Waals surface area contributed by atoms with Crippen LogP contribution in [0.1, 0.15) is 213 Å².